The van der Waals surface area contributed by atoms with Crippen LogP contribution in [0, 0.1) is 5.92 Å². The number of carbonyl (C=O) groups excluding carboxylic acids is 2. The summed E-state index contributed by atoms with van der Waals surface area (Å²) < 4.78 is 15.2. The number of hydrogen-bond acceptors (Lipinski definition) is 6. The molecule has 0 aliphatic rings. The Morgan fingerprint density at radius 3 is 2.12 bits per heavy atom. The molecule has 1 rings (SSSR count). The van der Waals surface area contributed by atoms with Crippen molar-refractivity contribution in [2.75, 3.05) is 41.0 Å². The van der Waals surface area contributed by atoms with Gasteiger partial charge in [0.2, 0.25) is 5.91 Å². The van der Waals surface area contributed by atoms with Gasteiger partial charge in [0.25, 0.3) is 0 Å². The smallest absolute Gasteiger partial charge is 0.319 e. The molecule has 0 aliphatic carbocycles. The van der Waals surface area contributed by atoms with Crippen LogP contribution in [0.5, 0.6) is 11.5 Å². The molecule has 0 saturated heterocycles. The van der Waals surface area contributed by atoms with Crippen molar-refractivity contribution in [3.63, 3.8) is 0 Å². The minimum absolute atomic E-state index is 0.0190. The second-order valence-corrected chi connectivity index (χ2v) is 6.14. The fourth-order valence-electron chi connectivity index (χ4n) is 2.21. The first-order valence-electron chi connectivity index (χ1n) is 8.15. The normalized spacial score (nSPS) is 10.7. The highest BCUT2D eigenvalue weighted by atomic mass is 16.5. The van der Waals surface area contributed by atoms with E-state index >= 15 is 0 Å². The van der Waals surface area contributed by atoms with E-state index in [0.29, 0.717) is 30.5 Å². The Balaban J connectivity index is 2.85. The Morgan fingerprint density at radius 1 is 1.04 bits per heavy atom. The molecule has 1 aromatic rings. The highest BCUT2D eigenvalue weighted by Crippen LogP contribution is 2.23. The van der Waals surface area contributed by atoms with E-state index in [1.54, 1.807) is 25.2 Å². The molecule has 0 atom stereocenters. The van der Waals surface area contributed by atoms with Crippen LogP contribution in [0.1, 0.15) is 19.4 Å². The second kappa shape index (κ2) is 10.6. The van der Waals surface area contributed by atoms with Crippen LogP contribution in [0.25, 0.3) is 0 Å². The van der Waals surface area contributed by atoms with Crippen molar-refractivity contribution in [3.05, 3.63) is 23.8 Å². The molecule has 0 aliphatic heterocycles. The molecule has 7 heteroatoms. The molecule has 1 aromatic carbocycles. The summed E-state index contributed by atoms with van der Waals surface area (Å²) >= 11 is 0. The SMILES string of the molecule is COC(=O)CN(CC(=O)NCC(C)C)Cc1cc(OC)cc(OC)c1. The molecule has 0 radical (unpaired) electrons. The van der Waals surface area contributed by atoms with Gasteiger partial charge in [-0.3, -0.25) is 14.5 Å². The zero-order valence-corrected chi connectivity index (χ0v) is 15.6. The summed E-state index contributed by atoms with van der Waals surface area (Å²) in [4.78, 5) is 25.5. The topological polar surface area (TPSA) is 77.1 Å². The van der Waals surface area contributed by atoms with Gasteiger partial charge in [0.05, 0.1) is 34.4 Å². The molecule has 0 fully saturated rings. The molecule has 140 valence electrons. The lowest BCUT2D eigenvalue weighted by molar-refractivity contribution is -0.142. The van der Waals surface area contributed by atoms with Crippen molar-refractivity contribution in [2.45, 2.75) is 20.4 Å². The molecule has 7 nitrogen and oxygen atoms in total. The van der Waals surface area contributed by atoms with Gasteiger partial charge in [-0.05, 0) is 23.6 Å². The van der Waals surface area contributed by atoms with Gasteiger partial charge < -0.3 is 19.5 Å². The van der Waals surface area contributed by atoms with E-state index in [4.69, 9.17) is 14.2 Å². The Labute approximate surface area is 149 Å². The van der Waals surface area contributed by atoms with Gasteiger partial charge in [-0.1, -0.05) is 13.8 Å². The van der Waals surface area contributed by atoms with Gasteiger partial charge >= 0.3 is 5.97 Å². The van der Waals surface area contributed by atoms with Crippen LogP contribution in [0.4, 0.5) is 0 Å². The molecular formula is C18H28N2O5. The van der Waals surface area contributed by atoms with Crippen LogP contribution in [-0.2, 0) is 20.9 Å². The van der Waals surface area contributed by atoms with Crippen molar-refractivity contribution in [3.8, 4) is 11.5 Å². The maximum atomic E-state index is 12.1. The molecule has 0 unspecified atom stereocenters. The summed E-state index contributed by atoms with van der Waals surface area (Å²) in [6.07, 6.45) is 0. The van der Waals surface area contributed by atoms with Crippen molar-refractivity contribution in [2.24, 2.45) is 5.92 Å². The van der Waals surface area contributed by atoms with E-state index < -0.39 is 5.97 Å². The largest absolute Gasteiger partial charge is 0.497 e. The lowest BCUT2D eigenvalue weighted by Gasteiger charge is -2.21. The summed E-state index contributed by atoms with van der Waals surface area (Å²) in [5.41, 5.74) is 0.872. The van der Waals surface area contributed by atoms with E-state index in [-0.39, 0.29) is 19.0 Å². The van der Waals surface area contributed by atoms with Crippen molar-refractivity contribution >= 4 is 11.9 Å². The third-order valence-corrected chi connectivity index (χ3v) is 3.47. The van der Waals surface area contributed by atoms with Crippen molar-refractivity contribution in [1.29, 1.82) is 0 Å². The molecular weight excluding hydrogens is 324 g/mol. The highest BCUT2D eigenvalue weighted by Gasteiger charge is 2.16. The molecule has 1 amide bonds. The molecule has 0 bridgehead atoms. The number of nitrogens with zero attached hydrogens (tertiary/aromatic N) is 1. The first-order chi connectivity index (χ1) is 11.9. The van der Waals surface area contributed by atoms with Crippen LogP contribution in [0.3, 0.4) is 0 Å². The second-order valence-electron chi connectivity index (χ2n) is 6.14. The molecule has 0 heterocycles. The number of ether oxygens (including phenoxy) is 3. The first kappa shape index (κ1) is 20.8. The van der Waals surface area contributed by atoms with Crippen LogP contribution in [0.15, 0.2) is 18.2 Å². The fourth-order valence-corrected chi connectivity index (χ4v) is 2.21. The van der Waals surface area contributed by atoms with Crippen LogP contribution in [0.2, 0.25) is 0 Å². The predicted molar refractivity (Wildman–Crippen MR) is 94.7 cm³/mol. The van der Waals surface area contributed by atoms with Gasteiger partial charge in [0, 0.05) is 19.2 Å². The first-order valence-corrected chi connectivity index (χ1v) is 8.15. The third-order valence-electron chi connectivity index (χ3n) is 3.47. The molecule has 1 N–H and O–H groups in total. The van der Waals surface area contributed by atoms with E-state index in [2.05, 4.69) is 5.32 Å². The zero-order valence-electron chi connectivity index (χ0n) is 15.6. The van der Waals surface area contributed by atoms with Crippen LogP contribution >= 0.6 is 0 Å². The van der Waals surface area contributed by atoms with Crippen LogP contribution < -0.4 is 14.8 Å². The number of amides is 1. The number of carbonyl (C=O) groups is 2. The average Bonchev–Trinajstić information content (AvgIpc) is 2.59. The molecule has 0 spiro atoms. The maximum absolute atomic E-state index is 12.1. The number of benzene rings is 1. The Kier molecular flexibility index (Phi) is 8.77. The van der Waals surface area contributed by atoms with Crippen molar-refractivity contribution in [1.82, 2.24) is 10.2 Å². The number of rotatable bonds is 10. The molecule has 25 heavy (non-hydrogen) atoms. The Bertz CT molecular complexity index is 552. The Morgan fingerprint density at radius 2 is 1.64 bits per heavy atom. The third kappa shape index (κ3) is 7.89. The lowest BCUT2D eigenvalue weighted by atomic mass is 10.2. The quantitative estimate of drug-likeness (QED) is 0.642. The fraction of sp³-hybridized carbons (Fsp3) is 0.556. The number of nitrogens with one attached hydrogen (secondary N) is 1. The van der Waals surface area contributed by atoms with E-state index in [9.17, 15) is 9.59 Å². The average molecular weight is 352 g/mol. The number of methoxy groups -OCH3 is 3. The number of hydrogen-bond donors (Lipinski definition) is 1. The van der Waals surface area contributed by atoms with E-state index in [0.717, 1.165) is 5.56 Å². The van der Waals surface area contributed by atoms with Gasteiger partial charge in [0.1, 0.15) is 11.5 Å². The summed E-state index contributed by atoms with van der Waals surface area (Å²) in [6.45, 7) is 5.14. The maximum Gasteiger partial charge on any atom is 0.319 e. The molecule has 0 saturated carbocycles. The standard InChI is InChI=1S/C18H28N2O5/c1-13(2)9-19-17(21)11-20(12-18(22)25-5)10-14-6-15(23-3)8-16(7-14)24-4/h6-8,13H,9-12H2,1-5H3,(H,19,21). The summed E-state index contributed by atoms with van der Waals surface area (Å²) in [5, 5.41) is 2.85. The Hall–Kier alpha value is -2.28. The van der Waals surface area contributed by atoms with E-state index in [1.165, 1.54) is 7.11 Å². The monoisotopic (exact) mass is 352 g/mol. The lowest BCUT2D eigenvalue weighted by Crippen LogP contribution is -2.40. The molecule has 0 aromatic heterocycles. The van der Waals surface area contributed by atoms with Gasteiger partial charge in [-0.15, -0.1) is 0 Å². The number of esters is 1. The summed E-state index contributed by atoms with van der Waals surface area (Å²) in [5.74, 6) is 1.13. The van der Waals surface area contributed by atoms with Gasteiger partial charge in [-0.25, -0.2) is 0 Å². The summed E-state index contributed by atoms with van der Waals surface area (Å²) in [7, 11) is 4.47. The van der Waals surface area contributed by atoms with Gasteiger partial charge in [0.15, 0.2) is 0 Å². The predicted octanol–water partition coefficient (Wildman–Crippen LogP) is 1.45. The van der Waals surface area contributed by atoms with Gasteiger partial charge in [-0.2, -0.15) is 0 Å². The summed E-state index contributed by atoms with van der Waals surface area (Å²) in [6, 6.07) is 5.46. The zero-order chi connectivity index (χ0) is 18.8. The van der Waals surface area contributed by atoms with E-state index in [1.807, 2.05) is 26.0 Å². The highest BCUT2D eigenvalue weighted by molar-refractivity contribution is 5.79. The van der Waals surface area contributed by atoms with Crippen LogP contribution in [-0.4, -0.2) is 57.7 Å². The minimum Gasteiger partial charge on any atom is -0.497 e. The minimum atomic E-state index is -0.397. The van der Waals surface area contributed by atoms with Crippen molar-refractivity contribution < 1.29 is 23.8 Å².